The Balaban J connectivity index is 2.33. The fourth-order valence-electron chi connectivity index (χ4n) is 1.88. The van der Waals surface area contributed by atoms with Gasteiger partial charge in [0, 0.05) is 5.92 Å². The minimum absolute atomic E-state index is 0.0530. The van der Waals surface area contributed by atoms with Crippen molar-refractivity contribution >= 4 is 5.91 Å². The molecule has 1 heterocycles. The van der Waals surface area contributed by atoms with Crippen LogP contribution < -0.4 is 5.73 Å². The average molecular weight is 215 g/mol. The molecule has 15 heavy (non-hydrogen) atoms. The molecule has 4 nitrogen and oxygen atoms in total. The lowest BCUT2D eigenvalue weighted by atomic mass is 9.87. The number of ether oxygens (including phenoxy) is 2. The van der Waals surface area contributed by atoms with Gasteiger partial charge in [-0.3, -0.25) is 4.79 Å². The zero-order chi connectivity index (χ0) is 11.3. The first kappa shape index (κ1) is 12.5. The highest BCUT2D eigenvalue weighted by molar-refractivity contribution is 5.76. The molecular formula is C11H21NO3. The van der Waals surface area contributed by atoms with Crippen molar-refractivity contribution in [3.63, 3.8) is 0 Å². The van der Waals surface area contributed by atoms with Gasteiger partial charge in [0.1, 0.15) is 0 Å². The van der Waals surface area contributed by atoms with Gasteiger partial charge in [0.25, 0.3) is 0 Å². The summed E-state index contributed by atoms with van der Waals surface area (Å²) in [6, 6.07) is 0. The van der Waals surface area contributed by atoms with E-state index in [1.54, 1.807) is 0 Å². The third kappa shape index (κ3) is 3.80. The predicted octanol–water partition coefficient (Wildman–Crippen LogP) is 1.29. The van der Waals surface area contributed by atoms with Gasteiger partial charge in [-0.15, -0.1) is 0 Å². The van der Waals surface area contributed by atoms with E-state index in [0.29, 0.717) is 19.1 Å². The monoisotopic (exact) mass is 215 g/mol. The Bertz CT molecular complexity index is 202. The van der Waals surface area contributed by atoms with Crippen molar-refractivity contribution < 1.29 is 14.3 Å². The Morgan fingerprint density at radius 1 is 1.47 bits per heavy atom. The van der Waals surface area contributed by atoms with Crippen LogP contribution in [0.5, 0.6) is 0 Å². The minimum atomic E-state index is -0.206. The number of carbonyl (C=O) groups is 1. The van der Waals surface area contributed by atoms with Crippen LogP contribution in [0.4, 0.5) is 0 Å². The second-order valence-electron chi connectivity index (χ2n) is 4.14. The van der Waals surface area contributed by atoms with E-state index in [0.717, 1.165) is 19.3 Å². The molecule has 2 unspecified atom stereocenters. The topological polar surface area (TPSA) is 61.6 Å². The van der Waals surface area contributed by atoms with Gasteiger partial charge in [-0.1, -0.05) is 20.3 Å². The van der Waals surface area contributed by atoms with Crippen molar-refractivity contribution in [2.75, 3.05) is 13.2 Å². The first-order valence-corrected chi connectivity index (χ1v) is 5.67. The molecule has 0 radical (unpaired) electrons. The number of nitrogens with two attached hydrogens (primary N) is 1. The normalized spacial score (nSPS) is 21.5. The smallest absolute Gasteiger partial charge is 0.220 e. The average Bonchev–Trinajstić information content (AvgIpc) is 2.70. The molecule has 4 heteroatoms. The molecule has 1 amide bonds. The molecule has 1 aliphatic rings. The molecule has 0 aromatic rings. The van der Waals surface area contributed by atoms with Gasteiger partial charge in [-0.25, -0.2) is 0 Å². The molecule has 0 saturated carbocycles. The maximum atomic E-state index is 11.2. The summed E-state index contributed by atoms with van der Waals surface area (Å²) in [5.41, 5.74) is 5.38. The Labute approximate surface area is 91.1 Å². The van der Waals surface area contributed by atoms with Crippen molar-refractivity contribution in [2.24, 2.45) is 17.6 Å². The minimum Gasteiger partial charge on any atom is -0.369 e. The predicted molar refractivity (Wildman–Crippen MR) is 57.1 cm³/mol. The maximum Gasteiger partial charge on any atom is 0.220 e. The largest absolute Gasteiger partial charge is 0.369 e. The number of carbonyl (C=O) groups excluding carboxylic acids is 1. The summed E-state index contributed by atoms with van der Waals surface area (Å²) in [5, 5.41) is 0. The van der Waals surface area contributed by atoms with Crippen LogP contribution in [0.2, 0.25) is 0 Å². The van der Waals surface area contributed by atoms with E-state index in [1.165, 1.54) is 0 Å². The van der Waals surface area contributed by atoms with Gasteiger partial charge in [0.2, 0.25) is 5.91 Å². The van der Waals surface area contributed by atoms with E-state index >= 15 is 0 Å². The summed E-state index contributed by atoms with van der Waals surface area (Å²) >= 11 is 0. The Kier molecular flexibility index (Phi) is 5.05. The first-order valence-electron chi connectivity index (χ1n) is 5.67. The number of primary amides is 1. The van der Waals surface area contributed by atoms with Crippen molar-refractivity contribution in [1.82, 2.24) is 0 Å². The van der Waals surface area contributed by atoms with Crippen LogP contribution in [0.1, 0.15) is 33.1 Å². The van der Waals surface area contributed by atoms with E-state index in [-0.39, 0.29) is 18.1 Å². The van der Waals surface area contributed by atoms with Crippen LogP contribution in [-0.2, 0) is 14.3 Å². The molecule has 0 aromatic carbocycles. The molecule has 1 aliphatic heterocycles. The number of rotatable bonds is 6. The summed E-state index contributed by atoms with van der Waals surface area (Å²) in [6.45, 7) is 5.46. The fraction of sp³-hybridized carbons (Fsp3) is 0.909. The molecule has 0 spiro atoms. The molecule has 1 fully saturated rings. The summed E-state index contributed by atoms with van der Waals surface area (Å²) in [5.74, 6) is 0.0778. The van der Waals surface area contributed by atoms with Gasteiger partial charge in [0.05, 0.1) is 13.2 Å². The van der Waals surface area contributed by atoms with Crippen molar-refractivity contribution in [2.45, 2.75) is 39.4 Å². The Morgan fingerprint density at radius 3 is 2.53 bits per heavy atom. The van der Waals surface area contributed by atoms with Gasteiger partial charge in [-0.2, -0.15) is 0 Å². The third-order valence-corrected chi connectivity index (χ3v) is 3.10. The molecule has 2 N–H and O–H groups in total. The van der Waals surface area contributed by atoms with E-state index in [4.69, 9.17) is 15.2 Å². The molecular weight excluding hydrogens is 194 g/mol. The van der Waals surface area contributed by atoms with E-state index < -0.39 is 0 Å². The van der Waals surface area contributed by atoms with E-state index in [1.807, 2.05) is 0 Å². The van der Waals surface area contributed by atoms with Crippen LogP contribution in [0.25, 0.3) is 0 Å². The summed E-state index contributed by atoms with van der Waals surface area (Å²) < 4.78 is 10.6. The molecule has 0 aliphatic carbocycles. The van der Waals surface area contributed by atoms with Gasteiger partial charge >= 0.3 is 0 Å². The fourth-order valence-corrected chi connectivity index (χ4v) is 1.88. The molecule has 2 atom stereocenters. The zero-order valence-corrected chi connectivity index (χ0v) is 9.57. The summed E-state index contributed by atoms with van der Waals surface area (Å²) in [4.78, 5) is 11.2. The molecule has 1 saturated heterocycles. The van der Waals surface area contributed by atoms with Gasteiger partial charge in [0.15, 0.2) is 6.29 Å². The van der Waals surface area contributed by atoms with Crippen LogP contribution in [-0.4, -0.2) is 25.4 Å². The third-order valence-electron chi connectivity index (χ3n) is 3.10. The lowest BCUT2D eigenvalue weighted by molar-refractivity contribution is -0.124. The van der Waals surface area contributed by atoms with Crippen molar-refractivity contribution in [1.29, 1.82) is 0 Å². The van der Waals surface area contributed by atoms with Gasteiger partial charge < -0.3 is 15.2 Å². The van der Waals surface area contributed by atoms with E-state index in [2.05, 4.69) is 13.8 Å². The molecule has 88 valence electrons. The number of hydrogen-bond acceptors (Lipinski definition) is 3. The van der Waals surface area contributed by atoms with Crippen LogP contribution in [0.15, 0.2) is 0 Å². The summed E-state index contributed by atoms with van der Waals surface area (Å²) in [7, 11) is 0. The highest BCUT2D eigenvalue weighted by atomic mass is 16.7. The Hall–Kier alpha value is -0.610. The van der Waals surface area contributed by atoms with Crippen molar-refractivity contribution in [3.8, 4) is 0 Å². The van der Waals surface area contributed by atoms with Crippen molar-refractivity contribution in [3.05, 3.63) is 0 Å². The Morgan fingerprint density at radius 2 is 2.07 bits per heavy atom. The number of amides is 1. The second-order valence-corrected chi connectivity index (χ2v) is 4.14. The van der Waals surface area contributed by atoms with Crippen LogP contribution in [0, 0.1) is 11.8 Å². The quantitative estimate of drug-likeness (QED) is 0.726. The highest BCUT2D eigenvalue weighted by Gasteiger charge is 2.24. The number of hydrogen-bond donors (Lipinski definition) is 1. The molecule has 0 bridgehead atoms. The SMILES string of the molecule is CCC(C)C(CCC1OCCO1)C(N)=O. The van der Waals surface area contributed by atoms with Crippen LogP contribution in [0.3, 0.4) is 0 Å². The van der Waals surface area contributed by atoms with E-state index in [9.17, 15) is 4.79 Å². The summed E-state index contributed by atoms with van der Waals surface area (Å²) in [6.07, 6.45) is 2.36. The van der Waals surface area contributed by atoms with Gasteiger partial charge in [-0.05, 0) is 18.8 Å². The first-order chi connectivity index (χ1) is 7.15. The highest BCUT2D eigenvalue weighted by Crippen LogP contribution is 2.22. The maximum absolute atomic E-state index is 11.2. The zero-order valence-electron chi connectivity index (χ0n) is 9.57. The molecule has 0 aromatic heterocycles. The molecule has 1 rings (SSSR count). The standard InChI is InChI=1S/C11H21NO3/c1-3-8(2)9(11(12)13)4-5-10-14-6-7-15-10/h8-10H,3-7H2,1-2H3,(H2,12,13). The lowest BCUT2D eigenvalue weighted by Crippen LogP contribution is -2.29. The lowest BCUT2D eigenvalue weighted by Gasteiger charge is -2.20. The second kappa shape index (κ2) is 6.08. The van der Waals surface area contributed by atoms with Crippen LogP contribution >= 0.6 is 0 Å².